The quantitative estimate of drug-likeness (QED) is 0.282. The normalized spacial score (nSPS) is 21.7. The lowest BCUT2D eigenvalue weighted by molar-refractivity contribution is -0.274. The first kappa shape index (κ1) is 29.8. The summed E-state index contributed by atoms with van der Waals surface area (Å²) in [7, 11) is 0. The first-order valence-corrected chi connectivity index (χ1v) is 14.2. The Labute approximate surface area is 242 Å². The lowest BCUT2D eigenvalue weighted by Crippen LogP contribution is -2.29. The molecular formula is C27H28Cl2F5N5O2. The van der Waals surface area contributed by atoms with Gasteiger partial charge in [-0.15, -0.1) is 13.2 Å². The van der Waals surface area contributed by atoms with E-state index in [4.69, 9.17) is 38.9 Å². The van der Waals surface area contributed by atoms with Gasteiger partial charge in [0.05, 0.1) is 6.20 Å². The Hall–Kier alpha value is -2.73. The molecule has 222 valence electrons. The van der Waals surface area contributed by atoms with Gasteiger partial charge in [0.1, 0.15) is 22.9 Å². The standard InChI is InChI=1S/C27H28Cl2F5N5O2/c28-19-10-17(41-27(32,33)34)11-20(29)18(19)12-23-37-21-13-36-22(9-14-5-7-26(30,31)8-6-14)38-25(21)39(23)16-3-1-15(2-4-16)24(35)40/h10-11,13-16H,1-9,12H2,(H2,35,40). The van der Waals surface area contributed by atoms with E-state index in [1.165, 1.54) is 0 Å². The number of carbonyl (C=O) groups excluding carboxylic acids is 1. The Morgan fingerprint density at radius 2 is 1.68 bits per heavy atom. The highest BCUT2D eigenvalue weighted by molar-refractivity contribution is 6.36. The van der Waals surface area contributed by atoms with Crippen molar-refractivity contribution < 1.29 is 31.5 Å². The van der Waals surface area contributed by atoms with Gasteiger partial charge in [0, 0.05) is 47.7 Å². The fourth-order valence-electron chi connectivity index (χ4n) is 5.86. The summed E-state index contributed by atoms with van der Waals surface area (Å²) in [5, 5.41) is -0.0395. The highest BCUT2D eigenvalue weighted by Crippen LogP contribution is 2.39. The third kappa shape index (κ3) is 7.02. The van der Waals surface area contributed by atoms with E-state index in [9.17, 15) is 26.7 Å². The van der Waals surface area contributed by atoms with Gasteiger partial charge in [0.2, 0.25) is 11.8 Å². The number of carbonyl (C=O) groups is 1. The minimum atomic E-state index is -4.90. The fourth-order valence-corrected chi connectivity index (χ4v) is 6.46. The van der Waals surface area contributed by atoms with Gasteiger partial charge in [-0.05, 0) is 62.1 Å². The molecule has 2 saturated carbocycles. The molecule has 0 bridgehead atoms. The highest BCUT2D eigenvalue weighted by atomic mass is 35.5. The van der Waals surface area contributed by atoms with Crippen LogP contribution in [0.1, 0.15) is 74.6 Å². The Morgan fingerprint density at radius 1 is 1.05 bits per heavy atom. The molecule has 3 aromatic rings. The minimum Gasteiger partial charge on any atom is -0.406 e. The summed E-state index contributed by atoms with van der Waals surface area (Å²) in [5.74, 6) is -2.64. The maximum atomic E-state index is 13.6. The van der Waals surface area contributed by atoms with E-state index in [1.807, 2.05) is 4.57 Å². The van der Waals surface area contributed by atoms with Crippen LogP contribution in [0.4, 0.5) is 22.0 Å². The molecule has 2 aliphatic rings. The van der Waals surface area contributed by atoms with Crippen molar-refractivity contribution in [3.05, 3.63) is 45.6 Å². The van der Waals surface area contributed by atoms with Crippen molar-refractivity contribution in [2.45, 2.75) is 82.5 Å². The molecule has 14 heteroatoms. The summed E-state index contributed by atoms with van der Waals surface area (Å²) in [6.45, 7) is 0. The maximum absolute atomic E-state index is 13.6. The second-order valence-corrected chi connectivity index (χ2v) is 11.7. The number of alkyl halides is 5. The first-order valence-electron chi connectivity index (χ1n) is 13.4. The van der Waals surface area contributed by atoms with Crippen molar-refractivity contribution >= 4 is 40.3 Å². The molecule has 0 saturated heterocycles. The maximum Gasteiger partial charge on any atom is 0.573 e. The van der Waals surface area contributed by atoms with Crippen LogP contribution in [0, 0.1) is 11.8 Å². The molecule has 0 aliphatic heterocycles. The predicted octanol–water partition coefficient (Wildman–Crippen LogP) is 7.21. The Morgan fingerprint density at radius 3 is 2.27 bits per heavy atom. The van der Waals surface area contributed by atoms with Gasteiger partial charge in [0.25, 0.3) is 0 Å². The zero-order valence-corrected chi connectivity index (χ0v) is 23.4. The minimum absolute atomic E-state index is 0.0198. The Bertz CT molecular complexity index is 1410. The summed E-state index contributed by atoms with van der Waals surface area (Å²) >= 11 is 12.7. The monoisotopic (exact) mass is 619 g/mol. The number of rotatable bonds is 7. The van der Waals surface area contributed by atoms with Crippen molar-refractivity contribution in [1.82, 2.24) is 19.5 Å². The van der Waals surface area contributed by atoms with E-state index in [1.54, 1.807) is 6.20 Å². The summed E-state index contributed by atoms with van der Waals surface area (Å²) in [5.41, 5.74) is 6.94. The van der Waals surface area contributed by atoms with E-state index in [-0.39, 0.29) is 53.1 Å². The summed E-state index contributed by atoms with van der Waals surface area (Å²) in [6.07, 6.45) is 0.125. The van der Waals surface area contributed by atoms with Crippen LogP contribution in [0.3, 0.4) is 0 Å². The zero-order valence-electron chi connectivity index (χ0n) is 21.9. The average molecular weight is 620 g/mol. The van der Waals surface area contributed by atoms with E-state index >= 15 is 0 Å². The highest BCUT2D eigenvalue weighted by Gasteiger charge is 2.36. The average Bonchev–Trinajstić information content (AvgIpc) is 3.24. The topological polar surface area (TPSA) is 95.9 Å². The van der Waals surface area contributed by atoms with Crippen molar-refractivity contribution in [3.8, 4) is 5.75 Å². The largest absolute Gasteiger partial charge is 0.573 e. The number of benzene rings is 1. The fraction of sp³-hybridized carbons (Fsp3) is 0.556. The van der Waals surface area contributed by atoms with Crippen LogP contribution in [0.15, 0.2) is 18.3 Å². The van der Waals surface area contributed by atoms with Gasteiger partial charge in [0.15, 0.2) is 5.65 Å². The van der Waals surface area contributed by atoms with Gasteiger partial charge < -0.3 is 15.0 Å². The second-order valence-electron chi connectivity index (χ2n) is 10.9. The molecule has 7 nitrogen and oxygen atoms in total. The molecule has 2 N–H and O–H groups in total. The number of halogens is 7. The molecule has 0 unspecified atom stereocenters. The number of fused-ring (bicyclic) bond motifs is 1. The lowest BCUT2D eigenvalue weighted by atomic mass is 9.84. The molecule has 0 atom stereocenters. The van der Waals surface area contributed by atoms with Gasteiger partial charge in [-0.3, -0.25) is 4.79 Å². The molecule has 2 fully saturated rings. The number of ether oxygens (including phenoxy) is 1. The van der Waals surface area contributed by atoms with Crippen molar-refractivity contribution in [1.29, 1.82) is 0 Å². The predicted molar refractivity (Wildman–Crippen MR) is 142 cm³/mol. The van der Waals surface area contributed by atoms with Gasteiger partial charge >= 0.3 is 6.36 Å². The van der Waals surface area contributed by atoms with E-state index in [0.29, 0.717) is 73.3 Å². The van der Waals surface area contributed by atoms with Crippen LogP contribution >= 0.6 is 23.2 Å². The van der Waals surface area contributed by atoms with Crippen LogP contribution < -0.4 is 10.5 Å². The Balaban J connectivity index is 1.48. The zero-order chi connectivity index (χ0) is 29.5. The van der Waals surface area contributed by atoms with Crippen LogP contribution in [-0.2, 0) is 17.6 Å². The molecule has 0 spiro atoms. The number of amides is 1. The number of nitrogens with zero attached hydrogens (tertiary/aromatic N) is 4. The van der Waals surface area contributed by atoms with E-state index in [0.717, 1.165) is 12.1 Å². The van der Waals surface area contributed by atoms with Crippen LogP contribution in [-0.4, -0.2) is 37.7 Å². The smallest absolute Gasteiger partial charge is 0.406 e. The van der Waals surface area contributed by atoms with Gasteiger partial charge in [-0.1, -0.05) is 23.2 Å². The molecular weight excluding hydrogens is 592 g/mol. The van der Waals surface area contributed by atoms with Gasteiger partial charge in [-0.2, -0.15) is 0 Å². The molecule has 1 aromatic carbocycles. The van der Waals surface area contributed by atoms with Gasteiger partial charge in [-0.25, -0.2) is 23.7 Å². The third-order valence-corrected chi connectivity index (χ3v) is 8.69. The first-order chi connectivity index (χ1) is 19.3. The molecule has 5 rings (SSSR count). The molecule has 0 radical (unpaired) electrons. The van der Waals surface area contributed by atoms with E-state index in [2.05, 4.69) is 9.72 Å². The second kappa shape index (κ2) is 11.5. The summed E-state index contributed by atoms with van der Waals surface area (Å²) < 4.78 is 71.4. The number of hydrogen-bond acceptors (Lipinski definition) is 5. The summed E-state index contributed by atoms with van der Waals surface area (Å²) in [4.78, 5) is 25.7. The van der Waals surface area contributed by atoms with Crippen LogP contribution in [0.25, 0.3) is 11.2 Å². The molecule has 2 aromatic heterocycles. The molecule has 41 heavy (non-hydrogen) atoms. The molecule has 1 amide bonds. The molecule has 2 aliphatic carbocycles. The Kier molecular flexibility index (Phi) is 8.35. The molecule has 2 heterocycles. The van der Waals surface area contributed by atoms with Crippen LogP contribution in [0.5, 0.6) is 5.75 Å². The number of nitrogens with two attached hydrogens (primary N) is 1. The lowest BCUT2D eigenvalue weighted by Gasteiger charge is -2.29. The number of primary amides is 1. The number of aromatic nitrogens is 4. The SMILES string of the molecule is NC(=O)C1CCC(n2c(Cc3c(Cl)cc(OC(F)(F)F)cc3Cl)nc3cnc(CC4CCC(F)(F)CC4)nc32)CC1. The number of imidazole rings is 1. The number of hydrogen-bond donors (Lipinski definition) is 1. The third-order valence-electron chi connectivity index (χ3n) is 8.01. The van der Waals surface area contributed by atoms with E-state index < -0.39 is 18.0 Å². The van der Waals surface area contributed by atoms with Crippen molar-refractivity contribution in [2.24, 2.45) is 17.6 Å². The summed E-state index contributed by atoms with van der Waals surface area (Å²) in [6, 6.07) is 2.01. The van der Waals surface area contributed by atoms with Crippen LogP contribution in [0.2, 0.25) is 10.0 Å². The van der Waals surface area contributed by atoms with Crippen molar-refractivity contribution in [2.75, 3.05) is 0 Å². The van der Waals surface area contributed by atoms with Crippen molar-refractivity contribution in [3.63, 3.8) is 0 Å².